The van der Waals surface area contributed by atoms with E-state index in [0.29, 0.717) is 5.92 Å². The fourth-order valence-electron chi connectivity index (χ4n) is 2.31. The molecule has 0 aliphatic heterocycles. The van der Waals surface area contributed by atoms with Crippen LogP contribution < -0.4 is 0 Å². The predicted molar refractivity (Wildman–Crippen MR) is 58.1 cm³/mol. The number of hydrogen-bond donors (Lipinski definition) is 2. The zero-order valence-corrected chi connectivity index (χ0v) is 9.50. The van der Waals surface area contributed by atoms with Gasteiger partial charge in [-0.3, -0.25) is 0 Å². The fraction of sp³-hybridized carbons (Fsp3) is 1.00. The van der Waals surface area contributed by atoms with Gasteiger partial charge in [0.25, 0.3) is 0 Å². The summed E-state index contributed by atoms with van der Waals surface area (Å²) in [6.45, 7) is 4.38. The molecule has 14 heavy (non-hydrogen) atoms. The Labute approximate surface area is 87.3 Å². The number of aliphatic hydroxyl groups excluding tert-OH is 1. The summed E-state index contributed by atoms with van der Waals surface area (Å²) in [4.78, 5) is 0. The summed E-state index contributed by atoms with van der Waals surface area (Å²) in [5, 5.41) is 19.9. The second kappa shape index (κ2) is 5.13. The largest absolute Gasteiger partial charge is 0.390 e. The minimum atomic E-state index is -0.753. The Bertz CT molecular complexity index is 160. The van der Waals surface area contributed by atoms with E-state index in [1.54, 1.807) is 0 Å². The molecule has 1 rings (SSSR count). The van der Waals surface area contributed by atoms with Gasteiger partial charge in [0.1, 0.15) is 0 Å². The quantitative estimate of drug-likeness (QED) is 0.715. The van der Waals surface area contributed by atoms with E-state index in [-0.39, 0.29) is 0 Å². The van der Waals surface area contributed by atoms with Crippen LogP contribution in [0.1, 0.15) is 58.8 Å². The summed E-state index contributed by atoms with van der Waals surface area (Å²) in [5.41, 5.74) is -0.753. The highest BCUT2D eigenvalue weighted by atomic mass is 16.3. The molecule has 1 saturated carbocycles. The van der Waals surface area contributed by atoms with Gasteiger partial charge in [0.05, 0.1) is 11.7 Å². The molecule has 0 spiro atoms. The van der Waals surface area contributed by atoms with Crippen LogP contribution in [0.2, 0.25) is 0 Å². The Hall–Kier alpha value is -0.0800. The second-order valence-electron chi connectivity index (χ2n) is 5.15. The van der Waals surface area contributed by atoms with Gasteiger partial charge in [-0.25, -0.2) is 0 Å². The smallest absolute Gasteiger partial charge is 0.0905 e. The molecule has 1 aliphatic rings. The van der Waals surface area contributed by atoms with E-state index in [1.807, 2.05) is 0 Å². The molecule has 0 radical (unpaired) electrons. The van der Waals surface area contributed by atoms with Crippen LogP contribution in [-0.4, -0.2) is 21.9 Å². The van der Waals surface area contributed by atoms with Crippen LogP contribution in [0.15, 0.2) is 0 Å². The van der Waals surface area contributed by atoms with Crippen molar-refractivity contribution in [3.63, 3.8) is 0 Å². The van der Waals surface area contributed by atoms with Gasteiger partial charge in [0.15, 0.2) is 0 Å². The van der Waals surface area contributed by atoms with Crippen molar-refractivity contribution < 1.29 is 10.2 Å². The van der Waals surface area contributed by atoms with Crippen molar-refractivity contribution in [3.05, 3.63) is 0 Å². The van der Waals surface area contributed by atoms with Crippen LogP contribution in [-0.2, 0) is 0 Å². The molecular formula is C12H24O2. The van der Waals surface area contributed by atoms with Crippen LogP contribution in [0.25, 0.3) is 0 Å². The van der Waals surface area contributed by atoms with Gasteiger partial charge < -0.3 is 10.2 Å². The molecular weight excluding hydrogens is 176 g/mol. The first-order valence-corrected chi connectivity index (χ1v) is 5.95. The third-order valence-corrected chi connectivity index (χ3v) is 3.35. The van der Waals surface area contributed by atoms with Crippen LogP contribution in [0, 0.1) is 5.92 Å². The van der Waals surface area contributed by atoms with E-state index >= 15 is 0 Å². The van der Waals surface area contributed by atoms with Gasteiger partial charge in [-0.15, -0.1) is 0 Å². The minimum absolute atomic E-state index is 0.497. The topological polar surface area (TPSA) is 40.5 Å². The Balaban J connectivity index is 2.23. The van der Waals surface area contributed by atoms with Gasteiger partial charge in [-0.1, -0.05) is 39.5 Å². The maximum Gasteiger partial charge on any atom is 0.0905 e. The summed E-state index contributed by atoms with van der Waals surface area (Å²) in [6.07, 6.45) is 6.15. The highest BCUT2D eigenvalue weighted by molar-refractivity contribution is 4.90. The first-order valence-electron chi connectivity index (χ1n) is 5.95. The van der Waals surface area contributed by atoms with E-state index in [2.05, 4.69) is 13.8 Å². The Morgan fingerprint density at radius 3 is 2.21 bits per heavy atom. The molecule has 2 heteroatoms. The zero-order valence-electron chi connectivity index (χ0n) is 9.50. The van der Waals surface area contributed by atoms with Gasteiger partial charge in [-0.05, 0) is 25.2 Å². The van der Waals surface area contributed by atoms with Crippen molar-refractivity contribution in [2.24, 2.45) is 5.92 Å². The maximum absolute atomic E-state index is 10.1. The highest BCUT2D eigenvalue weighted by Gasteiger charge is 2.37. The van der Waals surface area contributed by atoms with Crippen molar-refractivity contribution in [1.29, 1.82) is 0 Å². The van der Waals surface area contributed by atoms with Crippen LogP contribution >= 0.6 is 0 Å². The summed E-state index contributed by atoms with van der Waals surface area (Å²) < 4.78 is 0. The molecule has 1 unspecified atom stereocenters. The SMILES string of the molecule is CC(C)CCCC(O)C1(O)CCCC1. The van der Waals surface area contributed by atoms with Crippen molar-refractivity contribution in [1.82, 2.24) is 0 Å². The molecule has 0 amide bonds. The first kappa shape index (κ1) is 12.0. The van der Waals surface area contributed by atoms with Crippen molar-refractivity contribution >= 4 is 0 Å². The highest BCUT2D eigenvalue weighted by Crippen LogP contribution is 2.34. The molecule has 84 valence electrons. The van der Waals surface area contributed by atoms with E-state index in [4.69, 9.17) is 0 Å². The minimum Gasteiger partial charge on any atom is -0.390 e. The van der Waals surface area contributed by atoms with E-state index < -0.39 is 11.7 Å². The van der Waals surface area contributed by atoms with Crippen LogP contribution in [0.4, 0.5) is 0 Å². The predicted octanol–water partition coefficient (Wildman–Crippen LogP) is 2.48. The average molecular weight is 200 g/mol. The van der Waals surface area contributed by atoms with E-state index in [0.717, 1.165) is 44.9 Å². The number of rotatable bonds is 5. The third-order valence-electron chi connectivity index (χ3n) is 3.35. The first-order chi connectivity index (χ1) is 6.54. The lowest BCUT2D eigenvalue weighted by Crippen LogP contribution is -2.39. The van der Waals surface area contributed by atoms with Crippen LogP contribution in [0.3, 0.4) is 0 Å². The maximum atomic E-state index is 10.1. The molecule has 0 aromatic heterocycles. The molecule has 0 heterocycles. The van der Waals surface area contributed by atoms with Crippen LogP contribution in [0.5, 0.6) is 0 Å². The van der Waals surface area contributed by atoms with Crippen molar-refractivity contribution in [2.75, 3.05) is 0 Å². The molecule has 0 aromatic rings. The van der Waals surface area contributed by atoms with Gasteiger partial charge in [0, 0.05) is 0 Å². The van der Waals surface area contributed by atoms with Crippen molar-refractivity contribution in [2.45, 2.75) is 70.5 Å². The van der Waals surface area contributed by atoms with E-state index in [9.17, 15) is 10.2 Å². The summed E-state index contributed by atoms with van der Waals surface area (Å²) in [6, 6.07) is 0. The van der Waals surface area contributed by atoms with Gasteiger partial charge in [-0.2, -0.15) is 0 Å². The number of aliphatic hydroxyl groups is 2. The standard InChI is InChI=1S/C12H24O2/c1-10(2)6-5-7-11(13)12(14)8-3-4-9-12/h10-11,13-14H,3-9H2,1-2H3. The summed E-state index contributed by atoms with van der Waals surface area (Å²) in [7, 11) is 0. The Morgan fingerprint density at radius 1 is 1.14 bits per heavy atom. The van der Waals surface area contributed by atoms with Crippen molar-refractivity contribution in [3.8, 4) is 0 Å². The molecule has 0 aromatic carbocycles. The lowest BCUT2D eigenvalue weighted by atomic mass is 9.90. The molecule has 0 bridgehead atoms. The fourth-order valence-corrected chi connectivity index (χ4v) is 2.31. The van der Waals surface area contributed by atoms with Gasteiger partial charge >= 0.3 is 0 Å². The summed E-state index contributed by atoms with van der Waals surface area (Å²) >= 11 is 0. The third kappa shape index (κ3) is 3.25. The summed E-state index contributed by atoms with van der Waals surface area (Å²) in [5.74, 6) is 0.695. The Morgan fingerprint density at radius 2 is 1.71 bits per heavy atom. The molecule has 1 aliphatic carbocycles. The molecule has 2 nitrogen and oxygen atoms in total. The molecule has 1 atom stereocenters. The molecule has 2 N–H and O–H groups in total. The lowest BCUT2D eigenvalue weighted by molar-refractivity contribution is -0.0738. The molecule has 0 saturated heterocycles. The van der Waals surface area contributed by atoms with Gasteiger partial charge in [0.2, 0.25) is 0 Å². The number of hydrogen-bond acceptors (Lipinski definition) is 2. The van der Waals surface area contributed by atoms with E-state index in [1.165, 1.54) is 0 Å². The average Bonchev–Trinajstić information content (AvgIpc) is 2.52. The second-order valence-corrected chi connectivity index (χ2v) is 5.15. The lowest BCUT2D eigenvalue weighted by Gasteiger charge is -2.28. The molecule has 1 fully saturated rings. The monoisotopic (exact) mass is 200 g/mol. The Kier molecular flexibility index (Phi) is 4.39. The zero-order chi connectivity index (χ0) is 10.6. The normalized spacial score (nSPS) is 22.9.